The molecule has 8 heteroatoms. The third-order valence-electron chi connectivity index (χ3n) is 2.09. The lowest BCUT2D eigenvalue weighted by Gasteiger charge is -2.03. The van der Waals surface area contributed by atoms with E-state index in [1.807, 2.05) is 0 Å². The van der Waals surface area contributed by atoms with Gasteiger partial charge >= 0.3 is 0 Å². The molecule has 0 unspecified atom stereocenters. The number of rotatable bonds is 3. The van der Waals surface area contributed by atoms with Crippen LogP contribution in [0.5, 0.6) is 0 Å². The Balaban J connectivity index is 2.12. The zero-order valence-electron chi connectivity index (χ0n) is 9.38. The molecule has 0 aliphatic rings. The largest absolute Gasteiger partial charge is 0.372 e. The number of hydrogen-bond donors (Lipinski definition) is 2. The predicted octanol–water partition coefficient (Wildman–Crippen LogP) is -0.101. The molecule has 0 saturated heterocycles. The third-order valence-corrected chi connectivity index (χ3v) is 2.09. The highest BCUT2D eigenvalue weighted by atomic mass is 16.2. The van der Waals surface area contributed by atoms with Gasteiger partial charge in [0.25, 0.3) is 5.91 Å². The van der Waals surface area contributed by atoms with Crippen LogP contribution in [0.3, 0.4) is 0 Å². The van der Waals surface area contributed by atoms with Crippen LogP contribution in [0.15, 0.2) is 18.5 Å². The molecule has 2 aromatic heterocycles. The molecule has 2 rings (SSSR count). The average molecular weight is 233 g/mol. The molecule has 0 aromatic carbocycles. The first kappa shape index (κ1) is 11.0. The molecule has 2 N–H and O–H groups in total. The smallest absolute Gasteiger partial charge is 0.278 e. The van der Waals surface area contributed by atoms with Gasteiger partial charge < -0.3 is 5.32 Å². The molecule has 0 spiro atoms. The van der Waals surface area contributed by atoms with E-state index in [1.54, 1.807) is 26.2 Å². The minimum absolute atomic E-state index is 0.215. The van der Waals surface area contributed by atoms with Crippen molar-refractivity contribution in [3.05, 3.63) is 24.2 Å². The lowest BCUT2D eigenvalue weighted by atomic mass is 10.3. The second kappa shape index (κ2) is 4.56. The van der Waals surface area contributed by atoms with Crippen LogP contribution in [0.2, 0.25) is 0 Å². The van der Waals surface area contributed by atoms with Gasteiger partial charge in [0.2, 0.25) is 5.95 Å². The van der Waals surface area contributed by atoms with Crippen LogP contribution in [0.4, 0.5) is 11.8 Å². The molecule has 0 fully saturated rings. The van der Waals surface area contributed by atoms with Crippen LogP contribution in [-0.4, -0.2) is 37.9 Å². The third kappa shape index (κ3) is 2.36. The molecule has 2 heterocycles. The number of aryl methyl sites for hydroxylation is 1. The number of nitrogens with one attached hydrogen (secondary N) is 2. The molecule has 17 heavy (non-hydrogen) atoms. The first-order chi connectivity index (χ1) is 8.20. The molecule has 0 atom stereocenters. The minimum atomic E-state index is -0.378. The van der Waals surface area contributed by atoms with Crippen LogP contribution >= 0.6 is 0 Å². The number of aromatic nitrogens is 5. The van der Waals surface area contributed by atoms with Gasteiger partial charge in [0.15, 0.2) is 5.69 Å². The summed E-state index contributed by atoms with van der Waals surface area (Å²) in [6.45, 7) is 0. The van der Waals surface area contributed by atoms with Crippen LogP contribution in [-0.2, 0) is 7.05 Å². The highest BCUT2D eigenvalue weighted by Gasteiger charge is 2.11. The fraction of sp³-hybridized carbons (Fsp3) is 0.222. The lowest BCUT2D eigenvalue weighted by molar-refractivity contribution is 0.102. The summed E-state index contributed by atoms with van der Waals surface area (Å²) in [4.78, 5) is 15.6. The maximum atomic E-state index is 11.7. The zero-order valence-corrected chi connectivity index (χ0v) is 9.38. The van der Waals surface area contributed by atoms with Crippen molar-refractivity contribution in [2.24, 2.45) is 7.05 Å². The molecule has 0 radical (unpaired) electrons. The molecular formula is C9H11N7O. The van der Waals surface area contributed by atoms with Gasteiger partial charge in [-0.2, -0.15) is 10.1 Å². The van der Waals surface area contributed by atoms with E-state index in [4.69, 9.17) is 0 Å². The van der Waals surface area contributed by atoms with Crippen molar-refractivity contribution in [1.82, 2.24) is 25.0 Å². The average Bonchev–Trinajstić information content (AvgIpc) is 2.75. The summed E-state index contributed by atoms with van der Waals surface area (Å²) in [7, 11) is 3.40. The highest BCUT2D eigenvalue weighted by molar-refractivity contribution is 6.01. The first-order valence-electron chi connectivity index (χ1n) is 4.87. The zero-order chi connectivity index (χ0) is 12.3. The summed E-state index contributed by atoms with van der Waals surface area (Å²) < 4.78 is 1.45. The van der Waals surface area contributed by atoms with Gasteiger partial charge in [0.1, 0.15) is 12.1 Å². The topological polar surface area (TPSA) is 97.6 Å². The molecule has 8 nitrogen and oxygen atoms in total. The van der Waals surface area contributed by atoms with Crippen molar-refractivity contribution in [2.45, 2.75) is 0 Å². The van der Waals surface area contributed by atoms with Gasteiger partial charge in [0, 0.05) is 14.1 Å². The van der Waals surface area contributed by atoms with Crippen LogP contribution in [0, 0.1) is 0 Å². The summed E-state index contributed by atoms with van der Waals surface area (Å²) >= 11 is 0. The standard InChI is InChI=1S/C9H11N7O/c1-10-7-4-3-6(14-15-7)8(17)13-9-11-5-12-16(9)2/h3-5H,1-2H3,(H,10,15)(H,11,12,13,17). The normalized spacial score (nSPS) is 10.0. The quantitative estimate of drug-likeness (QED) is 0.768. The maximum absolute atomic E-state index is 11.7. The van der Waals surface area contributed by atoms with Crippen molar-refractivity contribution in [3.63, 3.8) is 0 Å². The van der Waals surface area contributed by atoms with E-state index in [0.717, 1.165) is 0 Å². The Labute approximate surface area is 97.1 Å². The van der Waals surface area contributed by atoms with E-state index in [1.165, 1.54) is 11.0 Å². The highest BCUT2D eigenvalue weighted by Crippen LogP contribution is 2.04. The number of anilines is 2. The Morgan fingerprint density at radius 1 is 1.35 bits per heavy atom. The number of amides is 1. The van der Waals surface area contributed by atoms with Crippen molar-refractivity contribution < 1.29 is 4.79 Å². The number of carbonyl (C=O) groups excluding carboxylic acids is 1. The molecule has 88 valence electrons. The second-order valence-electron chi connectivity index (χ2n) is 3.22. The van der Waals surface area contributed by atoms with E-state index in [9.17, 15) is 4.79 Å². The van der Waals surface area contributed by atoms with E-state index in [2.05, 4.69) is 30.9 Å². The second-order valence-corrected chi connectivity index (χ2v) is 3.22. The Bertz CT molecular complexity index is 518. The van der Waals surface area contributed by atoms with Crippen molar-refractivity contribution in [1.29, 1.82) is 0 Å². The van der Waals surface area contributed by atoms with Gasteiger partial charge in [-0.15, -0.1) is 10.2 Å². The first-order valence-corrected chi connectivity index (χ1v) is 4.87. The van der Waals surface area contributed by atoms with Gasteiger partial charge in [-0.1, -0.05) is 0 Å². The van der Waals surface area contributed by atoms with E-state index >= 15 is 0 Å². The van der Waals surface area contributed by atoms with E-state index in [0.29, 0.717) is 11.8 Å². The molecule has 0 aliphatic carbocycles. The number of hydrogen-bond acceptors (Lipinski definition) is 6. The summed E-state index contributed by atoms with van der Waals surface area (Å²) in [6, 6.07) is 3.24. The Morgan fingerprint density at radius 3 is 2.71 bits per heavy atom. The Morgan fingerprint density at radius 2 is 2.18 bits per heavy atom. The number of carbonyl (C=O) groups is 1. The summed E-state index contributed by atoms with van der Waals surface area (Å²) in [5, 5.41) is 16.8. The molecule has 1 amide bonds. The fourth-order valence-corrected chi connectivity index (χ4v) is 1.16. The van der Waals surface area contributed by atoms with Crippen LogP contribution < -0.4 is 10.6 Å². The summed E-state index contributed by atoms with van der Waals surface area (Å²) in [5.41, 5.74) is 0.215. The van der Waals surface area contributed by atoms with E-state index < -0.39 is 0 Å². The Hall–Kier alpha value is -2.51. The minimum Gasteiger partial charge on any atom is -0.372 e. The molecule has 2 aromatic rings. The summed E-state index contributed by atoms with van der Waals surface area (Å²) in [5.74, 6) is 0.575. The van der Waals surface area contributed by atoms with Crippen molar-refractivity contribution in [3.8, 4) is 0 Å². The lowest BCUT2D eigenvalue weighted by Crippen LogP contribution is -2.17. The van der Waals surface area contributed by atoms with Gasteiger partial charge in [-0.3, -0.25) is 10.1 Å². The van der Waals surface area contributed by atoms with Crippen molar-refractivity contribution in [2.75, 3.05) is 17.7 Å². The fourth-order valence-electron chi connectivity index (χ4n) is 1.16. The monoisotopic (exact) mass is 233 g/mol. The predicted molar refractivity (Wildman–Crippen MR) is 60.5 cm³/mol. The van der Waals surface area contributed by atoms with Crippen LogP contribution in [0.25, 0.3) is 0 Å². The number of nitrogens with zero attached hydrogens (tertiary/aromatic N) is 5. The Kier molecular flexibility index (Phi) is 2.95. The SMILES string of the molecule is CNc1ccc(C(=O)Nc2ncnn2C)nn1. The van der Waals surface area contributed by atoms with Gasteiger partial charge in [-0.05, 0) is 12.1 Å². The molecule has 0 aliphatic heterocycles. The maximum Gasteiger partial charge on any atom is 0.278 e. The van der Waals surface area contributed by atoms with Gasteiger partial charge in [0.05, 0.1) is 0 Å². The molecule has 0 bridgehead atoms. The molecular weight excluding hydrogens is 222 g/mol. The van der Waals surface area contributed by atoms with Crippen LogP contribution in [0.1, 0.15) is 10.5 Å². The van der Waals surface area contributed by atoms with Gasteiger partial charge in [-0.25, -0.2) is 4.68 Å². The van der Waals surface area contributed by atoms with Crippen molar-refractivity contribution >= 4 is 17.7 Å². The van der Waals surface area contributed by atoms with E-state index in [-0.39, 0.29) is 11.6 Å². The molecule has 0 saturated carbocycles. The summed E-state index contributed by atoms with van der Waals surface area (Å²) in [6.07, 6.45) is 1.35.